The molecule has 6 nitrogen and oxygen atoms in total. The van der Waals surface area contributed by atoms with E-state index in [0.29, 0.717) is 13.0 Å². The van der Waals surface area contributed by atoms with E-state index in [1.54, 1.807) is 6.07 Å². The van der Waals surface area contributed by atoms with Gasteiger partial charge in [0.15, 0.2) is 11.6 Å². The fraction of sp³-hybridized carbons (Fsp3) is 0.391. The summed E-state index contributed by atoms with van der Waals surface area (Å²) in [6.45, 7) is 5.82. The molecule has 4 rings (SSSR count). The van der Waals surface area contributed by atoms with Crippen LogP contribution >= 0.6 is 0 Å². The third-order valence-corrected chi connectivity index (χ3v) is 5.58. The maximum Gasteiger partial charge on any atom is 0.315 e. The maximum atomic E-state index is 14.6. The first-order valence-corrected chi connectivity index (χ1v) is 10.9. The van der Waals surface area contributed by atoms with Gasteiger partial charge >= 0.3 is 6.01 Å². The molecule has 0 unspecified atom stereocenters. The van der Waals surface area contributed by atoms with E-state index >= 15 is 0 Å². The number of nitrogens with zero attached hydrogens (tertiary/aromatic N) is 3. The van der Waals surface area contributed by atoms with Gasteiger partial charge in [0, 0.05) is 6.54 Å². The van der Waals surface area contributed by atoms with Gasteiger partial charge in [-0.15, -0.1) is 5.10 Å². The van der Waals surface area contributed by atoms with E-state index in [1.807, 2.05) is 6.92 Å². The van der Waals surface area contributed by atoms with Crippen LogP contribution in [0.15, 0.2) is 34.7 Å². The van der Waals surface area contributed by atoms with Gasteiger partial charge in [-0.3, -0.25) is 0 Å². The summed E-state index contributed by atoms with van der Waals surface area (Å²) < 4.78 is 48.6. The summed E-state index contributed by atoms with van der Waals surface area (Å²) in [6, 6.07) is 7.05. The molecule has 32 heavy (non-hydrogen) atoms. The summed E-state index contributed by atoms with van der Waals surface area (Å²) in [6.07, 6.45) is 4.07. The molecule has 0 atom stereocenters. The molecule has 2 aromatic carbocycles. The number of hydrogen-bond donors (Lipinski definition) is 2. The smallest absolute Gasteiger partial charge is 0.315 e. The molecule has 9 heteroatoms. The Labute approximate surface area is 184 Å². The molecule has 1 aliphatic rings. The fourth-order valence-electron chi connectivity index (χ4n) is 3.77. The van der Waals surface area contributed by atoms with Gasteiger partial charge in [-0.25, -0.2) is 13.2 Å². The van der Waals surface area contributed by atoms with Gasteiger partial charge in [0.1, 0.15) is 5.82 Å². The number of benzene rings is 2. The molecule has 0 spiro atoms. The third-order valence-electron chi connectivity index (χ3n) is 5.58. The van der Waals surface area contributed by atoms with Gasteiger partial charge in [-0.05, 0) is 75.1 Å². The highest BCUT2D eigenvalue weighted by atomic mass is 19.2. The van der Waals surface area contributed by atoms with E-state index in [4.69, 9.17) is 4.42 Å². The van der Waals surface area contributed by atoms with Crippen molar-refractivity contribution in [3.63, 3.8) is 0 Å². The highest BCUT2D eigenvalue weighted by Crippen LogP contribution is 2.34. The second kappa shape index (κ2) is 10.0. The topological polar surface area (TPSA) is 66.2 Å². The van der Waals surface area contributed by atoms with E-state index in [2.05, 4.69) is 25.7 Å². The Morgan fingerprint density at radius 2 is 1.84 bits per heavy atom. The Morgan fingerprint density at radius 1 is 1.03 bits per heavy atom. The zero-order chi connectivity index (χ0) is 22.5. The molecule has 0 amide bonds. The van der Waals surface area contributed by atoms with E-state index in [9.17, 15) is 13.2 Å². The Hall–Kier alpha value is -3.07. The monoisotopic (exact) mass is 445 g/mol. The lowest BCUT2D eigenvalue weighted by Crippen LogP contribution is -2.22. The number of halogens is 3. The molecule has 1 saturated heterocycles. The van der Waals surface area contributed by atoms with E-state index < -0.39 is 17.5 Å². The van der Waals surface area contributed by atoms with Gasteiger partial charge in [0.25, 0.3) is 5.89 Å². The van der Waals surface area contributed by atoms with Crippen molar-refractivity contribution in [1.29, 1.82) is 0 Å². The number of likely N-dealkylation sites (tertiary alicyclic amines) is 1. The van der Waals surface area contributed by atoms with Crippen molar-refractivity contribution in [2.45, 2.75) is 32.6 Å². The summed E-state index contributed by atoms with van der Waals surface area (Å²) in [5.41, 5.74) is 0.691. The molecular formula is C23H26F3N5O. The van der Waals surface area contributed by atoms with Crippen molar-refractivity contribution >= 4 is 17.4 Å². The van der Waals surface area contributed by atoms with Crippen LogP contribution in [0.4, 0.5) is 30.6 Å². The SMILES string of the molecule is CCc1ccc(Nc2c(-c3nnc(NCCCN4CCCC4)o3)ccc(F)c2F)c(F)c1. The second-order valence-corrected chi connectivity index (χ2v) is 7.82. The van der Waals surface area contributed by atoms with E-state index in [1.165, 1.54) is 31.0 Å². The van der Waals surface area contributed by atoms with Crippen LogP contribution in [0, 0.1) is 17.5 Å². The maximum absolute atomic E-state index is 14.6. The van der Waals surface area contributed by atoms with Crippen LogP contribution < -0.4 is 10.6 Å². The number of nitrogens with one attached hydrogen (secondary N) is 2. The molecular weight excluding hydrogens is 419 g/mol. The van der Waals surface area contributed by atoms with Gasteiger partial charge in [-0.2, -0.15) is 0 Å². The van der Waals surface area contributed by atoms with Gasteiger partial charge in [-0.1, -0.05) is 18.1 Å². The molecule has 170 valence electrons. The standard InChI is InChI=1S/C23H26F3N5O/c1-2-15-6-9-19(18(25)14-15)28-21-16(7-8-17(24)20(21)26)22-29-30-23(32-22)27-10-5-13-31-11-3-4-12-31/h6-9,14,28H,2-5,10-13H2,1H3,(H,27,30). The predicted molar refractivity (Wildman–Crippen MR) is 117 cm³/mol. The van der Waals surface area contributed by atoms with Crippen LogP contribution in [0.25, 0.3) is 11.5 Å². The Balaban J connectivity index is 1.49. The highest BCUT2D eigenvalue weighted by Gasteiger charge is 2.21. The van der Waals surface area contributed by atoms with Crippen molar-refractivity contribution in [3.8, 4) is 11.5 Å². The Morgan fingerprint density at radius 3 is 2.59 bits per heavy atom. The number of anilines is 3. The third kappa shape index (κ3) is 5.04. The molecule has 1 aliphatic heterocycles. The highest BCUT2D eigenvalue weighted by molar-refractivity contribution is 5.78. The van der Waals surface area contributed by atoms with Crippen LogP contribution in [0.1, 0.15) is 31.7 Å². The number of rotatable bonds is 9. The van der Waals surface area contributed by atoms with E-state index in [0.717, 1.165) is 37.7 Å². The average Bonchev–Trinajstić information content (AvgIpc) is 3.48. The summed E-state index contributed by atoms with van der Waals surface area (Å²) in [7, 11) is 0. The summed E-state index contributed by atoms with van der Waals surface area (Å²) in [5.74, 6) is -2.79. The quantitative estimate of drug-likeness (QED) is 0.433. The van der Waals surface area contributed by atoms with Gasteiger partial charge in [0.05, 0.1) is 16.9 Å². The van der Waals surface area contributed by atoms with E-state index in [-0.39, 0.29) is 28.8 Å². The predicted octanol–water partition coefficient (Wildman–Crippen LogP) is 5.36. The van der Waals surface area contributed by atoms with Crippen molar-refractivity contribution in [1.82, 2.24) is 15.1 Å². The number of aryl methyl sites for hydroxylation is 1. The van der Waals surface area contributed by atoms with Crippen LogP contribution in [-0.2, 0) is 6.42 Å². The lowest BCUT2D eigenvalue weighted by molar-refractivity contribution is 0.337. The minimum absolute atomic E-state index is 0.000899. The molecule has 1 fully saturated rings. The number of aromatic nitrogens is 2. The number of hydrogen-bond acceptors (Lipinski definition) is 6. The lowest BCUT2D eigenvalue weighted by Gasteiger charge is -2.13. The first-order valence-electron chi connectivity index (χ1n) is 10.9. The van der Waals surface area contributed by atoms with Crippen LogP contribution in [0.2, 0.25) is 0 Å². The van der Waals surface area contributed by atoms with Gasteiger partial charge < -0.3 is 20.0 Å². The average molecular weight is 445 g/mol. The van der Waals surface area contributed by atoms with Crippen molar-refractivity contribution < 1.29 is 17.6 Å². The van der Waals surface area contributed by atoms with Crippen LogP contribution in [0.3, 0.4) is 0 Å². The first-order chi connectivity index (χ1) is 15.5. The molecule has 2 heterocycles. The zero-order valence-corrected chi connectivity index (χ0v) is 17.9. The second-order valence-electron chi connectivity index (χ2n) is 7.82. The molecule has 1 aromatic heterocycles. The van der Waals surface area contributed by atoms with Crippen LogP contribution in [0.5, 0.6) is 0 Å². The largest absolute Gasteiger partial charge is 0.403 e. The fourth-order valence-corrected chi connectivity index (χ4v) is 3.77. The molecule has 0 saturated carbocycles. The Kier molecular flexibility index (Phi) is 6.94. The van der Waals surface area contributed by atoms with Gasteiger partial charge in [0.2, 0.25) is 0 Å². The zero-order valence-electron chi connectivity index (χ0n) is 17.9. The summed E-state index contributed by atoms with van der Waals surface area (Å²) in [5, 5.41) is 13.6. The summed E-state index contributed by atoms with van der Waals surface area (Å²) >= 11 is 0. The lowest BCUT2D eigenvalue weighted by atomic mass is 10.1. The molecule has 3 aromatic rings. The molecule has 0 bridgehead atoms. The van der Waals surface area contributed by atoms with Crippen molar-refractivity contribution in [3.05, 3.63) is 53.3 Å². The normalized spacial score (nSPS) is 14.1. The Bertz CT molecular complexity index is 1070. The molecule has 0 radical (unpaired) electrons. The minimum Gasteiger partial charge on any atom is -0.403 e. The minimum atomic E-state index is -1.15. The van der Waals surface area contributed by atoms with Crippen molar-refractivity contribution in [2.75, 3.05) is 36.8 Å². The van der Waals surface area contributed by atoms with Crippen molar-refractivity contribution in [2.24, 2.45) is 0 Å². The first kappa shape index (κ1) is 22.1. The molecule has 0 aliphatic carbocycles. The summed E-state index contributed by atoms with van der Waals surface area (Å²) in [4.78, 5) is 2.41. The molecule has 2 N–H and O–H groups in total. The van der Waals surface area contributed by atoms with Crippen LogP contribution in [-0.4, -0.2) is 41.3 Å².